The van der Waals surface area contributed by atoms with E-state index in [1.54, 1.807) is 0 Å². The second kappa shape index (κ2) is 6.35. The molecule has 0 amide bonds. The third-order valence-electron chi connectivity index (χ3n) is 3.79. The van der Waals surface area contributed by atoms with Crippen molar-refractivity contribution in [1.29, 1.82) is 0 Å². The Kier molecular flexibility index (Phi) is 4.79. The van der Waals surface area contributed by atoms with E-state index in [4.69, 9.17) is 4.74 Å². The Morgan fingerprint density at radius 1 is 1.44 bits per heavy atom. The lowest BCUT2D eigenvalue weighted by Crippen LogP contribution is -2.35. The molecule has 3 atom stereocenters. The number of nitrogens with one attached hydrogen (secondary N) is 1. The number of hydrogen-bond acceptors (Lipinski definition) is 2. The van der Waals surface area contributed by atoms with Crippen molar-refractivity contribution in [3.8, 4) is 0 Å². The smallest absolute Gasteiger partial charge is 0.0795 e. The van der Waals surface area contributed by atoms with Crippen molar-refractivity contribution in [1.82, 2.24) is 5.32 Å². The zero-order valence-electron chi connectivity index (χ0n) is 11.8. The van der Waals surface area contributed by atoms with Gasteiger partial charge in [-0.3, -0.25) is 0 Å². The van der Waals surface area contributed by atoms with Crippen LogP contribution in [0.3, 0.4) is 0 Å². The van der Waals surface area contributed by atoms with E-state index in [2.05, 4.69) is 50.4 Å². The number of rotatable bonds is 5. The first-order chi connectivity index (χ1) is 8.72. The van der Waals surface area contributed by atoms with E-state index in [1.165, 1.54) is 17.5 Å². The maximum absolute atomic E-state index is 5.96. The monoisotopic (exact) mass is 247 g/mol. The lowest BCUT2D eigenvalue weighted by Gasteiger charge is -2.28. The van der Waals surface area contributed by atoms with Gasteiger partial charge in [0.15, 0.2) is 0 Å². The summed E-state index contributed by atoms with van der Waals surface area (Å²) >= 11 is 0. The predicted molar refractivity (Wildman–Crippen MR) is 75.7 cm³/mol. The van der Waals surface area contributed by atoms with Crippen LogP contribution in [0, 0.1) is 12.8 Å². The lowest BCUT2D eigenvalue weighted by molar-refractivity contribution is 0.0607. The van der Waals surface area contributed by atoms with Crippen molar-refractivity contribution in [2.75, 3.05) is 13.2 Å². The number of ether oxygens (including phenoxy) is 1. The summed E-state index contributed by atoms with van der Waals surface area (Å²) in [5, 5.41) is 3.66. The molecule has 0 aliphatic carbocycles. The third-order valence-corrected chi connectivity index (χ3v) is 3.79. The Hall–Kier alpha value is -0.860. The first kappa shape index (κ1) is 13.6. The molecule has 2 heteroatoms. The normalized spacial score (nSPS) is 25.3. The molecule has 1 aliphatic rings. The van der Waals surface area contributed by atoms with Crippen LogP contribution < -0.4 is 5.32 Å². The molecule has 1 aromatic rings. The number of benzene rings is 1. The number of aryl methyl sites for hydroxylation is 1. The summed E-state index contributed by atoms with van der Waals surface area (Å²) in [6.07, 6.45) is 2.66. The molecule has 0 radical (unpaired) electrons. The van der Waals surface area contributed by atoms with E-state index in [-0.39, 0.29) is 0 Å². The average molecular weight is 247 g/mol. The Morgan fingerprint density at radius 3 is 2.89 bits per heavy atom. The van der Waals surface area contributed by atoms with Gasteiger partial charge in [0.1, 0.15) is 0 Å². The van der Waals surface area contributed by atoms with Gasteiger partial charge < -0.3 is 10.1 Å². The van der Waals surface area contributed by atoms with Crippen LogP contribution >= 0.6 is 0 Å². The second-order valence-corrected chi connectivity index (χ2v) is 5.45. The Bertz CT molecular complexity index is 377. The van der Waals surface area contributed by atoms with Gasteiger partial charge in [-0.2, -0.15) is 0 Å². The molecule has 0 bridgehead atoms. The van der Waals surface area contributed by atoms with E-state index < -0.39 is 0 Å². The summed E-state index contributed by atoms with van der Waals surface area (Å²) < 4.78 is 5.96. The summed E-state index contributed by atoms with van der Waals surface area (Å²) in [5.74, 6) is 0.639. The lowest BCUT2D eigenvalue weighted by atomic mass is 9.91. The average Bonchev–Trinajstić information content (AvgIpc) is 2.77. The summed E-state index contributed by atoms with van der Waals surface area (Å²) in [6.45, 7) is 8.61. The number of hydrogen-bond donors (Lipinski definition) is 1. The van der Waals surface area contributed by atoms with Crippen molar-refractivity contribution in [3.63, 3.8) is 0 Å². The fourth-order valence-electron chi connectivity index (χ4n) is 2.73. The molecule has 1 heterocycles. The SMILES string of the molecule is CCCNC(c1cccc(C)c1)C1OCCC1C. The topological polar surface area (TPSA) is 21.3 Å². The molecular formula is C16H25NO. The molecule has 1 aromatic carbocycles. The standard InChI is InChI=1S/C16H25NO/c1-4-9-17-15(16-13(3)8-10-18-16)14-7-5-6-12(2)11-14/h5-7,11,13,15-17H,4,8-10H2,1-3H3. The van der Waals surface area contributed by atoms with Gasteiger partial charge >= 0.3 is 0 Å². The van der Waals surface area contributed by atoms with Crippen LogP contribution in [-0.4, -0.2) is 19.3 Å². The van der Waals surface area contributed by atoms with Gasteiger partial charge in [-0.1, -0.05) is 43.7 Å². The molecule has 0 spiro atoms. The van der Waals surface area contributed by atoms with Gasteiger partial charge in [-0.15, -0.1) is 0 Å². The first-order valence-corrected chi connectivity index (χ1v) is 7.14. The van der Waals surface area contributed by atoms with Crippen LogP contribution in [0.25, 0.3) is 0 Å². The molecule has 1 N–H and O–H groups in total. The van der Waals surface area contributed by atoms with E-state index in [0.717, 1.165) is 19.6 Å². The molecule has 0 aromatic heterocycles. The summed E-state index contributed by atoms with van der Waals surface area (Å²) in [4.78, 5) is 0. The van der Waals surface area contributed by atoms with Gasteiger partial charge in [-0.25, -0.2) is 0 Å². The predicted octanol–water partition coefficient (Wildman–Crippen LogP) is 3.46. The highest BCUT2D eigenvalue weighted by Crippen LogP contribution is 2.31. The second-order valence-electron chi connectivity index (χ2n) is 5.45. The quantitative estimate of drug-likeness (QED) is 0.860. The minimum atomic E-state index is 0.318. The first-order valence-electron chi connectivity index (χ1n) is 7.14. The Labute approximate surface area is 111 Å². The van der Waals surface area contributed by atoms with Crippen molar-refractivity contribution in [2.45, 2.75) is 45.8 Å². The molecule has 2 rings (SSSR count). The van der Waals surface area contributed by atoms with E-state index in [0.29, 0.717) is 18.1 Å². The fraction of sp³-hybridized carbons (Fsp3) is 0.625. The molecular weight excluding hydrogens is 222 g/mol. The minimum absolute atomic E-state index is 0.318. The zero-order valence-corrected chi connectivity index (χ0v) is 11.8. The molecule has 1 saturated heterocycles. The van der Waals surface area contributed by atoms with Gasteiger partial charge in [0.05, 0.1) is 12.1 Å². The largest absolute Gasteiger partial charge is 0.376 e. The van der Waals surface area contributed by atoms with Crippen LogP contribution in [0.5, 0.6) is 0 Å². The van der Waals surface area contributed by atoms with Crippen LogP contribution in [0.15, 0.2) is 24.3 Å². The Balaban J connectivity index is 2.18. The molecule has 1 fully saturated rings. The van der Waals surface area contributed by atoms with Gasteiger partial charge in [0, 0.05) is 6.61 Å². The van der Waals surface area contributed by atoms with Gasteiger partial charge in [0.2, 0.25) is 0 Å². The highest BCUT2D eigenvalue weighted by molar-refractivity contribution is 5.26. The molecule has 2 nitrogen and oxygen atoms in total. The minimum Gasteiger partial charge on any atom is -0.376 e. The zero-order chi connectivity index (χ0) is 13.0. The van der Waals surface area contributed by atoms with Crippen molar-refractivity contribution in [2.24, 2.45) is 5.92 Å². The molecule has 3 unspecified atom stereocenters. The van der Waals surface area contributed by atoms with Crippen LogP contribution in [0.4, 0.5) is 0 Å². The Morgan fingerprint density at radius 2 is 2.28 bits per heavy atom. The maximum atomic E-state index is 5.96. The van der Waals surface area contributed by atoms with Crippen molar-refractivity contribution in [3.05, 3.63) is 35.4 Å². The molecule has 1 aliphatic heterocycles. The van der Waals surface area contributed by atoms with E-state index >= 15 is 0 Å². The van der Waals surface area contributed by atoms with Crippen molar-refractivity contribution < 1.29 is 4.74 Å². The van der Waals surface area contributed by atoms with Gasteiger partial charge in [0.25, 0.3) is 0 Å². The van der Waals surface area contributed by atoms with Crippen LogP contribution in [0.2, 0.25) is 0 Å². The van der Waals surface area contributed by atoms with E-state index in [1.807, 2.05) is 0 Å². The summed E-state index contributed by atoms with van der Waals surface area (Å²) in [7, 11) is 0. The maximum Gasteiger partial charge on any atom is 0.0795 e. The summed E-state index contributed by atoms with van der Waals surface area (Å²) in [5.41, 5.74) is 2.68. The van der Waals surface area contributed by atoms with Gasteiger partial charge in [-0.05, 0) is 37.8 Å². The fourth-order valence-corrected chi connectivity index (χ4v) is 2.73. The molecule has 0 saturated carbocycles. The van der Waals surface area contributed by atoms with E-state index in [9.17, 15) is 0 Å². The summed E-state index contributed by atoms with van der Waals surface area (Å²) in [6, 6.07) is 9.13. The highest BCUT2D eigenvalue weighted by Gasteiger charge is 2.32. The van der Waals surface area contributed by atoms with Crippen LogP contribution in [-0.2, 0) is 4.74 Å². The van der Waals surface area contributed by atoms with Crippen LogP contribution in [0.1, 0.15) is 43.9 Å². The molecule has 100 valence electrons. The highest BCUT2D eigenvalue weighted by atomic mass is 16.5. The van der Waals surface area contributed by atoms with Crippen molar-refractivity contribution >= 4 is 0 Å². The third kappa shape index (κ3) is 3.12. The molecule has 18 heavy (non-hydrogen) atoms.